The summed E-state index contributed by atoms with van der Waals surface area (Å²) in [5.74, 6) is 0. The first kappa shape index (κ1) is 32.0. The molecule has 233 valence electrons. The zero-order valence-electron chi connectivity index (χ0n) is 27.2. The summed E-state index contributed by atoms with van der Waals surface area (Å²) in [6.45, 7) is 10.7. The Morgan fingerprint density at radius 3 is 2.13 bits per heavy atom. The molecule has 0 atom stereocenters. The van der Waals surface area contributed by atoms with Gasteiger partial charge in [-0.25, -0.2) is 0 Å². The molecule has 1 radical (unpaired) electrons. The Balaban J connectivity index is 0.000000204. The largest absolute Gasteiger partial charge is 0.501 e. The van der Waals surface area contributed by atoms with E-state index in [9.17, 15) is 0 Å². The maximum Gasteiger partial charge on any atom is 0.501 e. The van der Waals surface area contributed by atoms with Crippen LogP contribution in [-0.4, -0.2) is 15.6 Å². The van der Waals surface area contributed by atoms with Crippen LogP contribution in [0.15, 0.2) is 121 Å². The maximum absolute atomic E-state index is 4.41. The number of nitrogens with zero attached hydrogens (tertiary/aromatic N) is 4. The smallest absolute Gasteiger partial charge is 0.386 e. The molecule has 5 aromatic carbocycles. The summed E-state index contributed by atoms with van der Waals surface area (Å²) in [4.78, 5) is 4.41. The fourth-order valence-corrected chi connectivity index (χ4v) is 6.11. The molecule has 0 unspecified atom stereocenters. The number of rotatable bonds is 4. The van der Waals surface area contributed by atoms with Crippen molar-refractivity contribution in [2.24, 2.45) is 0 Å². The Morgan fingerprint density at radius 2 is 1.43 bits per heavy atom. The van der Waals surface area contributed by atoms with E-state index in [2.05, 4.69) is 169 Å². The Kier molecular flexibility index (Phi) is 9.16. The van der Waals surface area contributed by atoms with Crippen molar-refractivity contribution in [2.75, 3.05) is 0 Å². The number of fused-ring (bicyclic) bond motifs is 4. The van der Waals surface area contributed by atoms with Gasteiger partial charge in [-0.3, -0.25) is 0 Å². The molecule has 7 aromatic rings. The van der Waals surface area contributed by atoms with E-state index < -0.39 is 0 Å². The molecule has 0 saturated heterocycles. The predicted octanol–water partition coefficient (Wildman–Crippen LogP) is 10.5. The van der Waals surface area contributed by atoms with Gasteiger partial charge in [-0.1, -0.05) is 77.0 Å². The molecule has 8 rings (SSSR count). The second-order valence-corrected chi connectivity index (χ2v) is 12.1. The molecule has 1 aliphatic heterocycles. The minimum atomic E-state index is 0. The molecule has 2 aromatic heterocycles. The van der Waals surface area contributed by atoms with Crippen LogP contribution in [0, 0.1) is 32.9 Å². The number of para-hydroxylation sites is 4. The van der Waals surface area contributed by atoms with Gasteiger partial charge >= 0.3 is 6.01 Å². The quantitative estimate of drug-likeness (QED) is 0.129. The Bertz CT molecular complexity index is 2290. The van der Waals surface area contributed by atoms with E-state index in [1.165, 1.54) is 38.5 Å². The molecule has 0 N–H and O–H groups in total. The third-order valence-corrected chi connectivity index (χ3v) is 8.58. The van der Waals surface area contributed by atoms with E-state index in [0.29, 0.717) is 6.04 Å². The summed E-state index contributed by atoms with van der Waals surface area (Å²) in [5.41, 5.74) is 12.6. The van der Waals surface area contributed by atoms with E-state index in [0.717, 1.165) is 34.0 Å². The molecule has 0 saturated carbocycles. The van der Waals surface area contributed by atoms with E-state index >= 15 is 0 Å². The molecule has 4 nitrogen and oxygen atoms in total. The second-order valence-electron chi connectivity index (χ2n) is 12.1. The number of hydrogen-bond donors (Lipinski definition) is 0. The topological polar surface area (TPSA) is 23.8 Å². The molecule has 0 amide bonds. The third kappa shape index (κ3) is 6.02. The Hall–Kier alpha value is -4.92. The standard InChI is InChI=1S/C28H22N3.C14H14N.Ir/c1-20(2)31-24-15-7-6-13-22(24)23-14-10-18-27(28(23)31)30-19-29(21-11-4-3-5-12-21)25-16-8-9-17-26(25)30;1-10-4-6-13(7-5-10)14-8-11(2)12(3)9-15-14;/h3-17,20H,1-2H3;4-6,8-9H,1-3H3;/q+1;-1;. The fraction of sp³-hybridized carbons (Fsp3) is 0.143. The van der Waals surface area contributed by atoms with Gasteiger partial charge in [0.1, 0.15) is 5.69 Å². The normalized spacial score (nSPS) is 11.9. The van der Waals surface area contributed by atoms with Crippen molar-refractivity contribution in [3.8, 4) is 11.3 Å². The van der Waals surface area contributed by atoms with Crippen molar-refractivity contribution in [1.29, 1.82) is 0 Å². The molecule has 47 heavy (non-hydrogen) atoms. The summed E-state index contributed by atoms with van der Waals surface area (Å²) in [6, 6.07) is 50.7. The van der Waals surface area contributed by atoms with Crippen molar-refractivity contribution < 1.29 is 20.1 Å². The third-order valence-electron chi connectivity index (χ3n) is 8.58. The van der Waals surface area contributed by atoms with Crippen LogP contribution < -0.4 is 9.15 Å². The maximum atomic E-state index is 4.41. The monoisotopic (exact) mass is 789 g/mol. The minimum Gasteiger partial charge on any atom is -0.386 e. The summed E-state index contributed by atoms with van der Waals surface area (Å²) < 4.78 is 6.71. The number of aryl methyl sites for hydroxylation is 3. The molecule has 1 aliphatic rings. The summed E-state index contributed by atoms with van der Waals surface area (Å²) in [7, 11) is 0. The zero-order valence-corrected chi connectivity index (χ0v) is 29.6. The van der Waals surface area contributed by atoms with Crippen LogP contribution in [0.3, 0.4) is 0 Å². The fourth-order valence-electron chi connectivity index (χ4n) is 6.11. The van der Waals surface area contributed by atoms with Crippen LogP contribution in [0.2, 0.25) is 0 Å². The average molecular weight is 789 g/mol. The molecular formula is C42H36IrN4. The van der Waals surface area contributed by atoms with Gasteiger partial charge in [0.2, 0.25) is 5.69 Å². The summed E-state index contributed by atoms with van der Waals surface area (Å²) in [5, 5.41) is 2.52. The number of aromatic nitrogens is 2. The Morgan fingerprint density at radius 1 is 0.723 bits per heavy atom. The van der Waals surface area contributed by atoms with Gasteiger partial charge in [0.15, 0.2) is 0 Å². The average Bonchev–Trinajstić information content (AvgIpc) is 3.64. The minimum absolute atomic E-state index is 0. The van der Waals surface area contributed by atoms with Crippen molar-refractivity contribution in [1.82, 2.24) is 18.7 Å². The van der Waals surface area contributed by atoms with Gasteiger partial charge < -0.3 is 9.55 Å². The van der Waals surface area contributed by atoms with Crippen molar-refractivity contribution >= 4 is 50.6 Å². The Labute approximate surface area is 290 Å². The first-order chi connectivity index (χ1) is 22.4. The number of benzene rings is 5. The molecule has 5 heteroatoms. The van der Waals surface area contributed by atoms with Gasteiger partial charge in [0, 0.05) is 67.6 Å². The summed E-state index contributed by atoms with van der Waals surface area (Å²) >= 11 is 0. The van der Waals surface area contributed by atoms with Crippen LogP contribution in [0.4, 0.5) is 22.7 Å². The van der Waals surface area contributed by atoms with Crippen LogP contribution in [-0.2, 0) is 20.1 Å². The molecule has 3 heterocycles. The van der Waals surface area contributed by atoms with Gasteiger partial charge in [-0.2, -0.15) is 12.1 Å². The number of hydrogen-bond acceptors (Lipinski definition) is 1. The molecule has 0 bridgehead atoms. The van der Waals surface area contributed by atoms with E-state index in [-0.39, 0.29) is 20.1 Å². The van der Waals surface area contributed by atoms with E-state index in [4.69, 9.17) is 0 Å². The predicted molar refractivity (Wildman–Crippen MR) is 192 cm³/mol. The van der Waals surface area contributed by atoms with Crippen molar-refractivity contribution in [3.05, 3.63) is 150 Å². The first-order valence-corrected chi connectivity index (χ1v) is 15.8. The molecule has 0 aliphatic carbocycles. The van der Waals surface area contributed by atoms with E-state index in [1.807, 2.05) is 24.4 Å². The SMILES string of the molecule is CC(C)n1c2ccccc2c2cc[c-]c([N+]3=C=[N+](c4ccccc4)c4ccccc43)c21.Cc1c[c-]c(-c2cc(C)c(C)cn2)cc1.[Ir]. The van der Waals surface area contributed by atoms with E-state index in [1.54, 1.807) is 0 Å². The van der Waals surface area contributed by atoms with Crippen LogP contribution in [0.5, 0.6) is 0 Å². The van der Waals surface area contributed by atoms with Crippen molar-refractivity contribution in [2.45, 2.75) is 40.7 Å². The van der Waals surface area contributed by atoms with Gasteiger partial charge in [0.25, 0.3) is 11.4 Å². The molecular weight excluding hydrogens is 753 g/mol. The first-order valence-electron chi connectivity index (χ1n) is 15.8. The zero-order chi connectivity index (χ0) is 31.8. The van der Waals surface area contributed by atoms with Crippen LogP contribution >= 0.6 is 0 Å². The summed E-state index contributed by atoms with van der Waals surface area (Å²) in [6.07, 6.45) is 1.92. The van der Waals surface area contributed by atoms with Crippen molar-refractivity contribution in [3.63, 3.8) is 0 Å². The number of pyridine rings is 1. The second kappa shape index (κ2) is 13.4. The van der Waals surface area contributed by atoms with Gasteiger partial charge in [-0.05, 0) is 55.0 Å². The van der Waals surface area contributed by atoms with Crippen LogP contribution in [0.25, 0.3) is 33.1 Å². The van der Waals surface area contributed by atoms with Gasteiger partial charge in [-0.15, -0.1) is 41.5 Å². The van der Waals surface area contributed by atoms with Gasteiger partial charge in [0.05, 0.1) is 0 Å². The molecule has 0 fully saturated rings. The van der Waals surface area contributed by atoms with Crippen LogP contribution in [0.1, 0.15) is 36.6 Å². The molecule has 0 spiro atoms.